The predicted molar refractivity (Wildman–Crippen MR) is 137 cm³/mol. The number of allylic oxidation sites excluding steroid dienone is 5. The molecule has 0 N–H and O–H groups in total. The van der Waals surface area contributed by atoms with Crippen molar-refractivity contribution in [3.05, 3.63) is 93.6 Å². The Morgan fingerprint density at radius 2 is 1.66 bits per heavy atom. The van der Waals surface area contributed by atoms with Gasteiger partial charge in [-0.25, -0.2) is 4.58 Å². The normalized spacial score (nSPS) is 16.3. The molecule has 170 valence electrons. The molecule has 0 heterocycles. The van der Waals surface area contributed by atoms with Crippen molar-refractivity contribution in [1.82, 2.24) is 0 Å². The molecular formula is C28H34Cl2N2. The molecule has 2 aromatic rings. The van der Waals surface area contributed by atoms with Gasteiger partial charge in [-0.05, 0) is 87.2 Å². The van der Waals surface area contributed by atoms with Crippen LogP contribution in [0.25, 0.3) is 5.57 Å². The van der Waals surface area contributed by atoms with Gasteiger partial charge in [-0.2, -0.15) is 0 Å². The zero-order valence-electron chi connectivity index (χ0n) is 20.0. The Kier molecular flexibility index (Phi) is 9.36. The molecule has 0 radical (unpaired) electrons. The Morgan fingerprint density at radius 1 is 0.969 bits per heavy atom. The highest BCUT2D eigenvalue weighted by Gasteiger charge is 2.19. The van der Waals surface area contributed by atoms with E-state index in [0.717, 1.165) is 30.2 Å². The van der Waals surface area contributed by atoms with Crippen LogP contribution >= 0.6 is 11.6 Å². The summed E-state index contributed by atoms with van der Waals surface area (Å²) in [6.45, 7) is 14.0. The number of aryl methyl sites for hydroxylation is 1. The van der Waals surface area contributed by atoms with E-state index in [0.29, 0.717) is 0 Å². The lowest BCUT2D eigenvalue weighted by molar-refractivity contribution is -0.492. The van der Waals surface area contributed by atoms with Crippen LogP contribution < -0.4 is 17.3 Å². The molecule has 0 saturated carbocycles. The van der Waals surface area contributed by atoms with Crippen LogP contribution in [0.2, 0.25) is 5.02 Å². The van der Waals surface area contributed by atoms with Gasteiger partial charge in [-0.15, -0.1) is 0 Å². The number of benzene rings is 2. The summed E-state index contributed by atoms with van der Waals surface area (Å²) in [6.07, 6.45) is 6.73. The smallest absolute Gasteiger partial charge is 0.202 e. The van der Waals surface area contributed by atoms with E-state index in [-0.39, 0.29) is 12.4 Å². The second-order valence-electron chi connectivity index (χ2n) is 8.04. The molecule has 0 saturated heterocycles. The second-order valence-corrected chi connectivity index (χ2v) is 8.45. The fourth-order valence-corrected chi connectivity index (χ4v) is 4.51. The van der Waals surface area contributed by atoms with Crippen molar-refractivity contribution in [3.63, 3.8) is 0 Å². The molecule has 32 heavy (non-hydrogen) atoms. The maximum absolute atomic E-state index is 6.69. The lowest BCUT2D eigenvalue weighted by Gasteiger charge is -2.24. The molecule has 0 spiro atoms. The monoisotopic (exact) mass is 468 g/mol. The summed E-state index contributed by atoms with van der Waals surface area (Å²) >= 11 is 6.69. The van der Waals surface area contributed by atoms with E-state index in [4.69, 9.17) is 11.6 Å². The summed E-state index contributed by atoms with van der Waals surface area (Å²) in [5, 5.41) is 0.773. The number of hydrogen-bond acceptors (Lipinski definition) is 1. The third kappa shape index (κ3) is 5.36. The number of halogens is 2. The molecule has 4 heteroatoms. The van der Waals surface area contributed by atoms with Gasteiger partial charge in [0.15, 0.2) is 0 Å². The lowest BCUT2D eigenvalue weighted by Crippen LogP contribution is -3.00. The molecule has 0 amide bonds. The van der Waals surface area contributed by atoms with Crippen molar-refractivity contribution in [1.29, 1.82) is 0 Å². The van der Waals surface area contributed by atoms with Gasteiger partial charge in [0.05, 0.1) is 0 Å². The van der Waals surface area contributed by atoms with Gasteiger partial charge in [0, 0.05) is 41.0 Å². The molecule has 3 rings (SSSR count). The average Bonchev–Trinajstić information content (AvgIpc) is 2.77. The highest BCUT2D eigenvalue weighted by atomic mass is 35.5. The van der Waals surface area contributed by atoms with Crippen LogP contribution in [0.3, 0.4) is 0 Å². The first-order valence-corrected chi connectivity index (χ1v) is 11.6. The molecule has 0 aliphatic heterocycles. The summed E-state index contributed by atoms with van der Waals surface area (Å²) in [5.41, 5.74) is 9.73. The van der Waals surface area contributed by atoms with Gasteiger partial charge in [-0.1, -0.05) is 35.9 Å². The SMILES string of the molecule is CCN(CC)c1ccc(C(=C2C=CC(=[N+](C)CC)C(C)=C2)c2ccccc2Cl)cc1C.[Cl-]. The molecule has 0 aromatic heterocycles. The second kappa shape index (κ2) is 11.5. The fraction of sp³-hybridized carbons (Fsp3) is 0.321. The Balaban J connectivity index is 0.00000363. The van der Waals surface area contributed by atoms with Crippen LogP contribution in [0.5, 0.6) is 0 Å². The van der Waals surface area contributed by atoms with Gasteiger partial charge in [0.2, 0.25) is 5.71 Å². The quantitative estimate of drug-likeness (QED) is 0.582. The van der Waals surface area contributed by atoms with Crippen LogP contribution in [0.1, 0.15) is 44.4 Å². The Labute approximate surface area is 205 Å². The van der Waals surface area contributed by atoms with Crippen LogP contribution in [0.4, 0.5) is 5.69 Å². The van der Waals surface area contributed by atoms with Gasteiger partial charge < -0.3 is 17.3 Å². The van der Waals surface area contributed by atoms with E-state index >= 15 is 0 Å². The van der Waals surface area contributed by atoms with Gasteiger partial charge in [0.25, 0.3) is 0 Å². The van der Waals surface area contributed by atoms with E-state index in [1.165, 1.54) is 39.2 Å². The highest BCUT2D eigenvalue weighted by Crippen LogP contribution is 2.36. The predicted octanol–water partition coefficient (Wildman–Crippen LogP) is 3.92. The van der Waals surface area contributed by atoms with Crippen molar-refractivity contribution in [3.8, 4) is 0 Å². The summed E-state index contributed by atoms with van der Waals surface area (Å²) in [4.78, 5) is 2.40. The first-order valence-electron chi connectivity index (χ1n) is 11.2. The summed E-state index contributed by atoms with van der Waals surface area (Å²) in [6, 6.07) is 14.9. The summed E-state index contributed by atoms with van der Waals surface area (Å²) in [5.74, 6) is 0. The van der Waals surface area contributed by atoms with Crippen molar-refractivity contribution >= 4 is 28.6 Å². The van der Waals surface area contributed by atoms with Crippen molar-refractivity contribution in [2.45, 2.75) is 34.6 Å². The molecule has 1 aliphatic rings. The van der Waals surface area contributed by atoms with Crippen LogP contribution in [0.15, 0.2) is 71.8 Å². The minimum atomic E-state index is 0. The van der Waals surface area contributed by atoms with Crippen LogP contribution in [-0.4, -0.2) is 37.0 Å². The summed E-state index contributed by atoms with van der Waals surface area (Å²) in [7, 11) is 2.13. The lowest BCUT2D eigenvalue weighted by atomic mass is 9.88. The molecule has 0 unspecified atom stereocenters. The summed E-state index contributed by atoms with van der Waals surface area (Å²) < 4.78 is 2.28. The zero-order valence-corrected chi connectivity index (χ0v) is 21.6. The van der Waals surface area contributed by atoms with E-state index < -0.39 is 0 Å². The van der Waals surface area contributed by atoms with E-state index in [9.17, 15) is 0 Å². The molecule has 2 nitrogen and oxygen atoms in total. The molecular weight excluding hydrogens is 435 g/mol. The number of anilines is 1. The first-order chi connectivity index (χ1) is 14.9. The van der Waals surface area contributed by atoms with Gasteiger partial charge in [0.1, 0.15) is 13.6 Å². The maximum atomic E-state index is 6.69. The molecule has 1 aliphatic carbocycles. The van der Waals surface area contributed by atoms with Crippen molar-refractivity contribution in [2.75, 3.05) is 31.6 Å². The third-order valence-electron chi connectivity index (χ3n) is 6.10. The van der Waals surface area contributed by atoms with Crippen LogP contribution in [-0.2, 0) is 0 Å². The largest absolute Gasteiger partial charge is 1.00 e. The average molecular weight is 470 g/mol. The third-order valence-corrected chi connectivity index (χ3v) is 6.43. The van der Waals surface area contributed by atoms with Gasteiger partial charge >= 0.3 is 0 Å². The molecule has 0 atom stereocenters. The standard InChI is InChI=1S/C28H34ClN2.ClH/c1-7-30(6)26-16-14-22(18-20(26)4)28(24-12-10-11-13-25(24)29)23-15-17-27(21(5)19-23)31(8-2)9-3;/h10-19H,7-9H2,1-6H3;1H/q+1;/p-1. The first kappa shape index (κ1) is 26.0. The molecule has 2 aromatic carbocycles. The maximum Gasteiger partial charge on any atom is 0.202 e. The number of hydrogen-bond donors (Lipinski definition) is 0. The Bertz CT molecular complexity index is 1090. The zero-order chi connectivity index (χ0) is 22.5. The van der Waals surface area contributed by atoms with E-state index in [2.05, 4.69) is 99.7 Å². The van der Waals surface area contributed by atoms with E-state index in [1.54, 1.807) is 0 Å². The Hall–Kier alpha value is -2.29. The highest BCUT2D eigenvalue weighted by molar-refractivity contribution is 6.32. The molecule has 0 bridgehead atoms. The minimum Gasteiger partial charge on any atom is -1.00 e. The topological polar surface area (TPSA) is 6.25 Å². The Morgan fingerprint density at radius 3 is 2.22 bits per heavy atom. The fourth-order valence-electron chi connectivity index (χ4n) is 4.28. The molecule has 0 fully saturated rings. The van der Waals surface area contributed by atoms with E-state index in [1.807, 2.05) is 12.1 Å². The van der Waals surface area contributed by atoms with Gasteiger partial charge in [-0.3, -0.25) is 0 Å². The number of rotatable bonds is 6. The van der Waals surface area contributed by atoms with Crippen LogP contribution in [0, 0.1) is 6.92 Å². The van der Waals surface area contributed by atoms with Crippen molar-refractivity contribution in [2.24, 2.45) is 0 Å². The number of nitrogens with zero attached hydrogens (tertiary/aromatic N) is 2. The minimum absolute atomic E-state index is 0. The van der Waals surface area contributed by atoms with Crippen molar-refractivity contribution < 1.29 is 17.0 Å².